The maximum atomic E-state index is 5.13. The van der Waals surface area contributed by atoms with E-state index in [0.717, 1.165) is 52.2 Å². The SMILES string of the molecule is Cc1nn2c(-n3cnc4ccccc43)c3c(nc2c1-c1ccccc1)CCCC3. The lowest BCUT2D eigenvalue weighted by atomic mass is 9.96. The number of aryl methyl sites for hydroxylation is 2. The average molecular weight is 379 g/mol. The molecule has 0 unspecified atom stereocenters. The Morgan fingerprint density at radius 3 is 2.59 bits per heavy atom. The lowest BCUT2D eigenvalue weighted by Crippen LogP contribution is -2.15. The van der Waals surface area contributed by atoms with E-state index >= 15 is 0 Å². The van der Waals surface area contributed by atoms with Gasteiger partial charge in [0.25, 0.3) is 0 Å². The Labute approximate surface area is 168 Å². The second kappa shape index (κ2) is 6.27. The minimum absolute atomic E-state index is 0.933. The molecule has 3 heterocycles. The van der Waals surface area contributed by atoms with Gasteiger partial charge in [-0.2, -0.15) is 9.61 Å². The maximum Gasteiger partial charge on any atom is 0.165 e. The number of rotatable bonds is 2. The van der Waals surface area contributed by atoms with E-state index in [1.807, 2.05) is 23.0 Å². The molecule has 5 heteroatoms. The molecule has 0 aliphatic heterocycles. The van der Waals surface area contributed by atoms with Crippen LogP contribution in [0.3, 0.4) is 0 Å². The van der Waals surface area contributed by atoms with E-state index in [-0.39, 0.29) is 0 Å². The number of imidazole rings is 1. The molecule has 29 heavy (non-hydrogen) atoms. The van der Waals surface area contributed by atoms with Crippen LogP contribution in [0.25, 0.3) is 33.6 Å². The summed E-state index contributed by atoms with van der Waals surface area (Å²) in [5, 5.41) is 4.97. The first kappa shape index (κ1) is 16.5. The van der Waals surface area contributed by atoms with E-state index in [1.165, 1.54) is 24.1 Å². The zero-order chi connectivity index (χ0) is 19.4. The molecule has 0 spiro atoms. The third-order valence-electron chi connectivity index (χ3n) is 5.93. The van der Waals surface area contributed by atoms with Crippen LogP contribution in [0.15, 0.2) is 60.9 Å². The summed E-state index contributed by atoms with van der Waals surface area (Å²) in [6.45, 7) is 2.08. The van der Waals surface area contributed by atoms with E-state index in [1.54, 1.807) is 0 Å². The Bertz CT molecular complexity index is 1360. The number of benzene rings is 2. The second-order valence-electron chi connectivity index (χ2n) is 7.73. The molecule has 1 aliphatic rings. The van der Waals surface area contributed by atoms with Crippen molar-refractivity contribution in [3.05, 3.63) is 77.9 Å². The van der Waals surface area contributed by atoms with Crippen molar-refractivity contribution >= 4 is 16.7 Å². The van der Waals surface area contributed by atoms with Gasteiger partial charge in [-0.15, -0.1) is 0 Å². The van der Waals surface area contributed by atoms with Crippen LogP contribution in [-0.4, -0.2) is 24.1 Å². The quantitative estimate of drug-likeness (QED) is 0.437. The van der Waals surface area contributed by atoms with E-state index in [0.29, 0.717) is 0 Å². The Balaban J connectivity index is 1.74. The molecule has 6 rings (SSSR count). The fraction of sp³-hybridized carbons (Fsp3) is 0.208. The Kier molecular flexibility index (Phi) is 3.57. The van der Waals surface area contributed by atoms with Crippen molar-refractivity contribution in [1.29, 1.82) is 0 Å². The Morgan fingerprint density at radius 1 is 0.897 bits per heavy atom. The average Bonchev–Trinajstić information content (AvgIpc) is 3.33. The Hall–Kier alpha value is -3.47. The summed E-state index contributed by atoms with van der Waals surface area (Å²) < 4.78 is 4.23. The number of aromatic nitrogens is 5. The van der Waals surface area contributed by atoms with Gasteiger partial charge in [0.15, 0.2) is 5.65 Å². The van der Waals surface area contributed by atoms with Gasteiger partial charge in [-0.3, -0.25) is 4.57 Å². The van der Waals surface area contributed by atoms with Gasteiger partial charge in [-0.1, -0.05) is 42.5 Å². The van der Waals surface area contributed by atoms with Gasteiger partial charge in [0, 0.05) is 16.8 Å². The lowest BCUT2D eigenvalue weighted by molar-refractivity contribution is 0.651. The van der Waals surface area contributed by atoms with Crippen LogP contribution >= 0.6 is 0 Å². The normalized spacial score (nSPS) is 13.8. The van der Waals surface area contributed by atoms with Gasteiger partial charge in [-0.25, -0.2) is 9.97 Å². The van der Waals surface area contributed by atoms with Crippen LogP contribution in [0.5, 0.6) is 0 Å². The van der Waals surface area contributed by atoms with Crippen molar-refractivity contribution in [3.63, 3.8) is 0 Å². The standard InChI is InChI=1S/C24H21N5/c1-16-22(17-9-3-2-4-10-17)23-26-19-12-6-5-11-18(19)24(29(23)27-16)28-15-25-20-13-7-8-14-21(20)28/h2-4,7-10,13-15H,5-6,11-12H2,1H3. The Morgan fingerprint density at radius 2 is 1.69 bits per heavy atom. The van der Waals surface area contributed by atoms with E-state index in [2.05, 4.69) is 58.9 Å². The maximum absolute atomic E-state index is 5.13. The van der Waals surface area contributed by atoms with E-state index in [9.17, 15) is 0 Å². The highest BCUT2D eigenvalue weighted by molar-refractivity contribution is 5.82. The predicted octanol–water partition coefficient (Wildman–Crippen LogP) is 4.92. The van der Waals surface area contributed by atoms with Crippen LogP contribution in [0.2, 0.25) is 0 Å². The number of nitrogens with zero attached hydrogens (tertiary/aromatic N) is 5. The fourth-order valence-electron chi connectivity index (χ4n) is 4.59. The third kappa shape index (κ3) is 2.43. The van der Waals surface area contributed by atoms with Crippen LogP contribution in [0.1, 0.15) is 29.8 Å². The molecule has 5 aromatic rings. The minimum atomic E-state index is 0.933. The summed E-state index contributed by atoms with van der Waals surface area (Å²) in [5.41, 5.74) is 8.80. The van der Waals surface area contributed by atoms with E-state index in [4.69, 9.17) is 10.1 Å². The molecule has 3 aromatic heterocycles. The highest BCUT2D eigenvalue weighted by Gasteiger charge is 2.24. The lowest BCUT2D eigenvalue weighted by Gasteiger charge is -2.20. The van der Waals surface area contributed by atoms with Gasteiger partial charge in [0.05, 0.1) is 16.7 Å². The van der Waals surface area contributed by atoms with Crippen molar-refractivity contribution in [2.75, 3.05) is 0 Å². The van der Waals surface area contributed by atoms with E-state index < -0.39 is 0 Å². The first-order valence-electron chi connectivity index (χ1n) is 10.2. The first-order valence-corrected chi connectivity index (χ1v) is 10.2. The predicted molar refractivity (Wildman–Crippen MR) is 114 cm³/mol. The largest absolute Gasteiger partial charge is 0.283 e. The molecular formula is C24H21N5. The molecule has 142 valence electrons. The molecule has 0 atom stereocenters. The van der Waals surface area contributed by atoms with Gasteiger partial charge >= 0.3 is 0 Å². The molecule has 5 nitrogen and oxygen atoms in total. The molecule has 2 aromatic carbocycles. The molecule has 0 fully saturated rings. The summed E-state index contributed by atoms with van der Waals surface area (Å²) in [7, 11) is 0. The summed E-state index contributed by atoms with van der Waals surface area (Å²) in [6, 6.07) is 18.7. The molecule has 0 saturated heterocycles. The van der Waals surface area contributed by atoms with Gasteiger partial charge in [0.2, 0.25) is 0 Å². The molecule has 0 saturated carbocycles. The smallest absolute Gasteiger partial charge is 0.165 e. The summed E-state index contributed by atoms with van der Waals surface area (Å²) in [5.74, 6) is 1.09. The molecular weight excluding hydrogens is 358 g/mol. The summed E-state index contributed by atoms with van der Waals surface area (Å²) in [4.78, 5) is 9.77. The molecule has 0 N–H and O–H groups in total. The number of hydrogen-bond donors (Lipinski definition) is 0. The monoisotopic (exact) mass is 379 g/mol. The minimum Gasteiger partial charge on any atom is -0.283 e. The van der Waals surface area contributed by atoms with Crippen LogP contribution in [0.4, 0.5) is 0 Å². The van der Waals surface area contributed by atoms with Crippen LogP contribution in [-0.2, 0) is 12.8 Å². The molecule has 1 aliphatic carbocycles. The van der Waals surface area contributed by atoms with Gasteiger partial charge in [0.1, 0.15) is 12.1 Å². The number of fused-ring (bicyclic) bond motifs is 3. The van der Waals surface area contributed by atoms with Crippen LogP contribution in [0, 0.1) is 6.92 Å². The molecule has 0 bridgehead atoms. The second-order valence-corrected chi connectivity index (χ2v) is 7.73. The highest BCUT2D eigenvalue weighted by atomic mass is 15.3. The number of hydrogen-bond acceptors (Lipinski definition) is 3. The summed E-state index contributed by atoms with van der Waals surface area (Å²) >= 11 is 0. The van der Waals surface area contributed by atoms with Crippen LogP contribution < -0.4 is 0 Å². The van der Waals surface area contributed by atoms with Crippen molar-refractivity contribution < 1.29 is 0 Å². The van der Waals surface area contributed by atoms with Crippen molar-refractivity contribution in [2.45, 2.75) is 32.6 Å². The van der Waals surface area contributed by atoms with Crippen molar-refractivity contribution in [1.82, 2.24) is 24.1 Å². The van der Waals surface area contributed by atoms with Crippen molar-refractivity contribution in [3.8, 4) is 16.9 Å². The van der Waals surface area contributed by atoms with Crippen molar-refractivity contribution in [2.24, 2.45) is 0 Å². The topological polar surface area (TPSA) is 48.0 Å². The number of para-hydroxylation sites is 2. The summed E-state index contributed by atoms with van der Waals surface area (Å²) in [6.07, 6.45) is 6.34. The third-order valence-corrected chi connectivity index (χ3v) is 5.93. The highest BCUT2D eigenvalue weighted by Crippen LogP contribution is 2.34. The molecule has 0 radical (unpaired) electrons. The zero-order valence-electron chi connectivity index (χ0n) is 16.3. The fourth-order valence-corrected chi connectivity index (χ4v) is 4.59. The van der Waals surface area contributed by atoms with Gasteiger partial charge < -0.3 is 0 Å². The van der Waals surface area contributed by atoms with Gasteiger partial charge in [-0.05, 0) is 50.3 Å². The first-order chi connectivity index (χ1) is 14.3. The molecule has 0 amide bonds. The zero-order valence-corrected chi connectivity index (χ0v) is 16.3.